The number of carbonyl (C=O) groups is 2. The number of benzene rings is 2. The van der Waals surface area contributed by atoms with Crippen molar-refractivity contribution in [3.05, 3.63) is 83.1 Å². The maximum Gasteiger partial charge on any atom is 0.222 e. The number of amides is 2. The third kappa shape index (κ3) is 15.2. The molecule has 0 saturated carbocycles. The molecule has 2 aromatic carbocycles. The summed E-state index contributed by atoms with van der Waals surface area (Å²) in [7, 11) is 3.45. The van der Waals surface area contributed by atoms with Crippen molar-refractivity contribution < 1.29 is 28.5 Å². The zero-order chi connectivity index (χ0) is 57.5. The lowest BCUT2D eigenvalue weighted by Crippen LogP contribution is -2.39. The first-order valence-electron chi connectivity index (χ1n) is 30.7. The molecule has 6 aliphatic rings. The van der Waals surface area contributed by atoms with Crippen molar-refractivity contribution in [2.45, 2.75) is 63.5 Å². The summed E-state index contributed by atoms with van der Waals surface area (Å²) in [5.41, 5.74) is 6.03. The quantitative estimate of drug-likeness (QED) is 0.0818. The minimum absolute atomic E-state index is 0.0738. The van der Waals surface area contributed by atoms with E-state index in [2.05, 4.69) is 84.9 Å². The van der Waals surface area contributed by atoms with E-state index in [1.165, 1.54) is 25.7 Å². The molecule has 6 fully saturated rings. The first kappa shape index (κ1) is 59.7. The van der Waals surface area contributed by atoms with Crippen molar-refractivity contribution in [1.82, 2.24) is 50.2 Å². The second-order valence-electron chi connectivity index (χ2n) is 22.7. The van der Waals surface area contributed by atoms with E-state index in [0.29, 0.717) is 25.9 Å². The van der Waals surface area contributed by atoms with Gasteiger partial charge in [0.1, 0.15) is 22.9 Å². The first-order chi connectivity index (χ1) is 41.4. The van der Waals surface area contributed by atoms with Crippen molar-refractivity contribution >= 4 is 77.9 Å². The highest BCUT2D eigenvalue weighted by atomic mass is 32.1. The monoisotopic (exact) mass is 1190 g/mol. The molecule has 12 rings (SSSR count). The normalized spacial score (nSPS) is 19.6. The van der Waals surface area contributed by atoms with Crippen molar-refractivity contribution in [3.8, 4) is 11.5 Å². The summed E-state index contributed by atoms with van der Waals surface area (Å²) < 4.78 is 22.7. The lowest BCUT2D eigenvalue weighted by Gasteiger charge is -2.30. The average molecular weight is 1190 g/mol. The van der Waals surface area contributed by atoms with Gasteiger partial charge in [0.05, 0.1) is 75.2 Å². The molecule has 0 bridgehead atoms. The zero-order valence-electron chi connectivity index (χ0n) is 49.3. The molecular formula is C62H86N14O6S2. The molecule has 0 radical (unpaired) electrons. The molecule has 4 aromatic heterocycles. The van der Waals surface area contributed by atoms with E-state index in [-0.39, 0.29) is 23.9 Å². The summed E-state index contributed by atoms with van der Waals surface area (Å²) in [5.74, 6) is 1.89. The second kappa shape index (κ2) is 29.9. The molecule has 0 spiro atoms. The molecule has 0 unspecified atom stereocenters. The number of nitrogens with one attached hydrogen (secondary N) is 2. The number of rotatable bonds is 20. The summed E-state index contributed by atoms with van der Waals surface area (Å²) >= 11 is 3.36. The van der Waals surface area contributed by atoms with E-state index in [9.17, 15) is 9.59 Å². The molecule has 6 aromatic rings. The van der Waals surface area contributed by atoms with E-state index < -0.39 is 0 Å². The maximum absolute atomic E-state index is 13.3. The van der Waals surface area contributed by atoms with Crippen LogP contribution in [-0.2, 0) is 19.1 Å². The number of hydrogen-bond acceptors (Lipinski definition) is 20. The Labute approximate surface area is 503 Å². The van der Waals surface area contributed by atoms with Gasteiger partial charge < -0.3 is 59.0 Å². The maximum atomic E-state index is 13.3. The van der Waals surface area contributed by atoms with E-state index >= 15 is 0 Å². The van der Waals surface area contributed by atoms with Gasteiger partial charge in [-0.15, -0.1) is 22.7 Å². The number of ether oxygens (including phenoxy) is 4. The van der Waals surface area contributed by atoms with Gasteiger partial charge in [0.2, 0.25) is 11.8 Å². The number of methoxy groups -OCH3 is 2. The van der Waals surface area contributed by atoms with Gasteiger partial charge in [0, 0.05) is 151 Å². The first-order valence-corrected chi connectivity index (χ1v) is 32.5. The standard InChI is InChI=1S/2C31H43N7O3S/c2*1-40-27-8-7-24-6-4-9-33-29(24)30(27)37-14-5-13-36(16-17-37)26(22-28(39)32-10-15-35-11-2-3-12-35)25-23-42-31(34-25)38-18-20-41-21-19-38/h2*4,6-9,23,26H,2-3,5,10-22H2,1H3,(H,32,39)/t2*26-/m10/s1. The molecule has 10 heterocycles. The van der Waals surface area contributed by atoms with Crippen molar-refractivity contribution in [3.63, 3.8) is 0 Å². The van der Waals surface area contributed by atoms with Crippen molar-refractivity contribution in [1.29, 1.82) is 0 Å². The van der Waals surface area contributed by atoms with Crippen LogP contribution in [0.1, 0.15) is 74.8 Å². The molecule has 0 aliphatic carbocycles. The summed E-state index contributed by atoms with van der Waals surface area (Å²) in [5, 5.41) is 15.0. The Morgan fingerprint density at radius 2 is 0.940 bits per heavy atom. The third-order valence-electron chi connectivity index (χ3n) is 17.4. The number of nitrogens with zero attached hydrogens (tertiary/aromatic N) is 12. The predicted octanol–water partition coefficient (Wildman–Crippen LogP) is 6.78. The van der Waals surface area contributed by atoms with Gasteiger partial charge in [-0.1, -0.05) is 12.1 Å². The number of morpholine rings is 2. The predicted molar refractivity (Wildman–Crippen MR) is 336 cm³/mol. The van der Waals surface area contributed by atoms with Crippen LogP contribution < -0.4 is 39.7 Å². The van der Waals surface area contributed by atoms with Crippen LogP contribution in [0.4, 0.5) is 21.6 Å². The fraction of sp³-hybridized carbons (Fsp3) is 0.581. The van der Waals surface area contributed by atoms with Gasteiger partial charge in [-0.25, -0.2) is 9.97 Å². The summed E-state index contributed by atoms with van der Waals surface area (Å²) in [6.07, 6.45) is 11.5. The molecule has 84 heavy (non-hydrogen) atoms. The van der Waals surface area contributed by atoms with Gasteiger partial charge in [-0.05, 0) is 101 Å². The fourth-order valence-electron chi connectivity index (χ4n) is 12.8. The van der Waals surface area contributed by atoms with Crippen LogP contribution in [0.5, 0.6) is 11.5 Å². The molecule has 2 amide bonds. The molecule has 22 heteroatoms. The average Bonchev–Trinajstić information content (AvgIpc) is 4.32. The van der Waals surface area contributed by atoms with Crippen LogP contribution in [0.15, 0.2) is 71.7 Å². The van der Waals surface area contributed by atoms with E-state index in [4.69, 9.17) is 38.9 Å². The lowest BCUT2D eigenvalue weighted by molar-refractivity contribution is -0.123. The smallest absolute Gasteiger partial charge is 0.222 e. The van der Waals surface area contributed by atoms with Crippen LogP contribution in [0.2, 0.25) is 0 Å². The van der Waals surface area contributed by atoms with Crippen molar-refractivity contribution in [2.75, 3.05) is 191 Å². The molecule has 6 saturated heterocycles. The number of likely N-dealkylation sites (tertiary alicyclic amines) is 2. The third-order valence-corrected chi connectivity index (χ3v) is 19.2. The second-order valence-corrected chi connectivity index (χ2v) is 24.4. The zero-order valence-corrected chi connectivity index (χ0v) is 51.0. The molecule has 6 aliphatic heterocycles. The van der Waals surface area contributed by atoms with Gasteiger partial charge >= 0.3 is 0 Å². The Bertz CT molecular complexity index is 2850. The Morgan fingerprint density at radius 1 is 0.512 bits per heavy atom. The highest BCUT2D eigenvalue weighted by Gasteiger charge is 2.33. The summed E-state index contributed by atoms with van der Waals surface area (Å²) in [6, 6.07) is 16.2. The van der Waals surface area contributed by atoms with Crippen LogP contribution >= 0.6 is 22.7 Å². The summed E-state index contributed by atoms with van der Waals surface area (Å²) in [6.45, 7) is 21.0. The van der Waals surface area contributed by atoms with Gasteiger partial charge in [-0.2, -0.15) is 0 Å². The van der Waals surface area contributed by atoms with Gasteiger partial charge in [0.15, 0.2) is 10.3 Å². The molecular weight excluding hydrogens is 1100 g/mol. The molecule has 2 N–H and O–H groups in total. The van der Waals surface area contributed by atoms with Crippen molar-refractivity contribution in [2.24, 2.45) is 0 Å². The number of anilines is 4. The van der Waals surface area contributed by atoms with Crippen LogP contribution in [0, 0.1) is 0 Å². The molecule has 452 valence electrons. The Hall–Kier alpha value is -5.98. The highest BCUT2D eigenvalue weighted by molar-refractivity contribution is 7.14. The van der Waals surface area contributed by atoms with Crippen LogP contribution in [-0.4, -0.2) is 223 Å². The van der Waals surface area contributed by atoms with Gasteiger partial charge in [-0.3, -0.25) is 29.4 Å². The fourth-order valence-corrected chi connectivity index (χ4v) is 14.7. The van der Waals surface area contributed by atoms with Crippen LogP contribution in [0.25, 0.3) is 21.8 Å². The minimum atomic E-state index is -0.0738. The number of fused-ring (bicyclic) bond motifs is 2. The largest absolute Gasteiger partial charge is 0.494 e. The van der Waals surface area contributed by atoms with Gasteiger partial charge in [0.25, 0.3) is 0 Å². The lowest BCUT2D eigenvalue weighted by atomic mass is 10.1. The molecule has 20 nitrogen and oxygen atoms in total. The Kier molecular flexibility index (Phi) is 21.3. The minimum Gasteiger partial charge on any atom is -0.494 e. The number of aromatic nitrogens is 4. The Balaban J connectivity index is 0.000000175. The van der Waals surface area contributed by atoms with E-state index in [1.54, 1.807) is 36.9 Å². The number of thiazole rings is 2. The molecule has 2 atom stereocenters. The van der Waals surface area contributed by atoms with E-state index in [1.807, 2.05) is 36.7 Å². The summed E-state index contributed by atoms with van der Waals surface area (Å²) in [4.78, 5) is 65.5. The highest BCUT2D eigenvalue weighted by Crippen LogP contribution is 2.39. The van der Waals surface area contributed by atoms with Crippen LogP contribution in [0.3, 0.4) is 0 Å². The SMILES string of the molecule is COc1ccc2cccnc2c1N1CCCN([C@@H](CC(=O)NCCN2CCCC2)c2csc(N3CCOCC3)n2)CC1.COc1ccc2cccnc2c1N1CCCN([C@H](CC(=O)NCCN2CCCC2)c2csc(N3CCOCC3)n2)CC1. The number of pyridine rings is 2. The number of hydrogen-bond donors (Lipinski definition) is 2. The Morgan fingerprint density at radius 3 is 1.36 bits per heavy atom. The topological polar surface area (TPSA) is 173 Å². The number of carbonyl (C=O) groups excluding carboxylic acids is 2. The van der Waals surface area contributed by atoms with E-state index in [0.717, 1.165) is 223 Å².